The lowest BCUT2D eigenvalue weighted by molar-refractivity contribution is -0.116. The molecule has 0 fully saturated rings. The smallest absolute Gasteiger partial charge is 0.337 e. The average molecular weight is 448 g/mol. The Labute approximate surface area is 193 Å². The molecule has 2 aromatic carbocycles. The maximum atomic E-state index is 11.7. The fourth-order valence-electron chi connectivity index (χ4n) is 3.04. The molecule has 1 amide bonds. The molecule has 33 heavy (non-hydrogen) atoms. The summed E-state index contributed by atoms with van der Waals surface area (Å²) >= 11 is 0. The van der Waals surface area contributed by atoms with Crippen molar-refractivity contribution >= 4 is 29.3 Å². The maximum absolute atomic E-state index is 11.7. The number of carbonyl (C=O) groups is 2. The van der Waals surface area contributed by atoms with Crippen LogP contribution in [0.2, 0.25) is 0 Å². The molecule has 0 saturated carbocycles. The van der Waals surface area contributed by atoms with E-state index in [1.807, 2.05) is 25.1 Å². The first-order valence-corrected chi connectivity index (χ1v) is 10.9. The van der Waals surface area contributed by atoms with Crippen LogP contribution in [0.15, 0.2) is 60.8 Å². The topological polar surface area (TPSA) is 105 Å². The van der Waals surface area contributed by atoms with Crippen LogP contribution in [0.3, 0.4) is 0 Å². The zero-order chi connectivity index (χ0) is 23.5. The lowest BCUT2D eigenvalue weighted by atomic mass is 10.1. The molecular weight excluding hydrogens is 418 g/mol. The third kappa shape index (κ3) is 7.31. The van der Waals surface area contributed by atoms with Crippen LogP contribution in [0.1, 0.15) is 47.7 Å². The number of hydrogen-bond acceptors (Lipinski definition) is 7. The van der Waals surface area contributed by atoms with E-state index in [4.69, 9.17) is 0 Å². The molecule has 0 radical (unpaired) electrons. The standard InChI is InChI=1S/C18H22N4O3.C7H7N/c1-3-4-5-16(23)22-18-19-11-10-15(21-18)20-12-13-6-8-14(9-7-13)17(24)25-2;1-2-4-7-6(3-1)5-8-7/h6-11H,3-5,12H2,1-2H3,(H2,19,20,21,22,23);1-4,8H,5H2. The molecule has 0 spiro atoms. The van der Waals surface area contributed by atoms with Gasteiger partial charge < -0.3 is 15.4 Å². The minimum absolute atomic E-state index is 0.0857. The summed E-state index contributed by atoms with van der Waals surface area (Å²) in [5.41, 5.74) is 4.23. The van der Waals surface area contributed by atoms with Crippen molar-refractivity contribution in [3.8, 4) is 0 Å². The van der Waals surface area contributed by atoms with Crippen LogP contribution in [0.5, 0.6) is 0 Å². The minimum atomic E-state index is -0.362. The first-order chi connectivity index (χ1) is 16.1. The van der Waals surface area contributed by atoms with E-state index in [0.29, 0.717) is 24.3 Å². The van der Waals surface area contributed by atoms with Crippen LogP contribution in [-0.4, -0.2) is 29.0 Å². The number of nitrogens with one attached hydrogen (secondary N) is 3. The highest BCUT2D eigenvalue weighted by Gasteiger charge is 2.08. The van der Waals surface area contributed by atoms with E-state index in [0.717, 1.165) is 24.9 Å². The van der Waals surface area contributed by atoms with Gasteiger partial charge in [0.25, 0.3) is 0 Å². The SMILES string of the molecule is CCCCC(=O)Nc1nccc(NCc2ccc(C(=O)OC)cc2)n1.c1ccc2c(c1)CN2. The summed E-state index contributed by atoms with van der Waals surface area (Å²) < 4.78 is 4.67. The number of para-hydroxylation sites is 1. The van der Waals surface area contributed by atoms with Crippen molar-refractivity contribution < 1.29 is 14.3 Å². The van der Waals surface area contributed by atoms with E-state index >= 15 is 0 Å². The lowest BCUT2D eigenvalue weighted by Crippen LogP contribution is -2.14. The predicted molar refractivity (Wildman–Crippen MR) is 129 cm³/mol. The highest BCUT2D eigenvalue weighted by molar-refractivity contribution is 5.89. The number of esters is 1. The second-order valence-corrected chi connectivity index (χ2v) is 7.47. The van der Waals surface area contributed by atoms with Crippen LogP contribution < -0.4 is 16.0 Å². The van der Waals surface area contributed by atoms with Gasteiger partial charge in [-0.1, -0.05) is 43.7 Å². The minimum Gasteiger partial charge on any atom is -0.465 e. The molecule has 0 unspecified atom stereocenters. The Hall–Kier alpha value is -3.94. The molecule has 3 aromatic rings. The monoisotopic (exact) mass is 447 g/mol. The number of methoxy groups -OCH3 is 1. The molecule has 0 atom stereocenters. The molecule has 1 aliphatic rings. The van der Waals surface area contributed by atoms with E-state index in [2.05, 4.69) is 48.9 Å². The fraction of sp³-hybridized carbons (Fsp3) is 0.280. The zero-order valence-electron chi connectivity index (χ0n) is 18.9. The summed E-state index contributed by atoms with van der Waals surface area (Å²) in [6, 6.07) is 17.2. The Morgan fingerprint density at radius 3 is 2.48 bits per heavy atom. The Kier molecular flexibility index (Phi) is 8.76. The highest BCUT2D eigenvalue weighted by Crippen LogP contribution is 2.23. The Bertz CT molecular complexity index is 1050. The molecule has 4 rings (SSSR count). The molecule has 1 aliphatic heterocycles. The Balaban J connectivity index is 0.000000316. The summed E-state index contributed by atoms with van der Waals surface area (Å²) in [5, 5.41) is 9.04. The van der Waals surface area contributed by atoms with Gasteiger partial charge in [-0.05, 0) is 41.8 Å². The molecule has 8 heteroatoms. The summed E-state index contributed by atoms with van der Waals surface area (Å²) in [5.74, 6) is 0.446. The summed E-state index contributed by atoms with van der Waals surface area (Å²) in [4.78, 5) is 31.4. The number of anilines is 3. The third-order valence-corrected chi connectivity index (χ3v) is 5.00. The summed E-state index contributed by atoms with van der Waals surface area (Å²) in [7, 11) is 1.35. The largest absolute Gasteiger partial charge is 0.465 e. The number of benzene rings is 2. The van der Waals surface area contributed by atoms with Crippen LogP contribution in [0.25, 0.3) is 0 Å². The van der Waals surface area contributed by atoms with Crippen molar-refractivity contribution in [3.05, 3.63) is 77.5 Å². The molecule has 0 aliphatic carbocycles. The molecule has 3 N–H and O–H groups in total. The van der Waals surface area contributed by atoms with E-state index in [-0.39, 0.29) is 17.8 Å². The number of hydrogen-bond donors (Lipinski definition) is 3. The van der Waals surface area contributed by atoms with Gasteiger partial charge in [0.2, 0.25) is 11.9 Å². The van der Waals surface area contributed by atoms with Gasteiger partial charge in [-0.3, -0.25) is 10.1 Å². The van der Waals surface area contributed by atoms with Crippen molar-refractivity contribution in [2.24, 2.45) is 0 Å². The van der Waals surface area contributed by atoms with E-state index < -0.39 is 0 Å². The van der Waals surface area contributed by atoms with Gasteiger partial charge in [0, 0.05) is 31.4 Å². The lowest BCUT2D eigenvalue weighted by Gasteiger charge is -2.19. The van der Waals surface area contributed by atoms with Gasteiger partial charge in [0.1, 0.15) is 5.82 Å². The quantitative estimate of drug-likeness (QED) is 0.433. The molecule has 0 bridgehead atoms. The number of ether oxygens (including phenoxy) is 1. The van der Waals surface area contributed by atoms with Gasteiger partial charge in [-0.2, -0.15) is 4.98 Å². The molecular formula is C25H29N5O3. The molecule has 8 nitrogen and oxygen atoms in total. The van der Waals surface area contributed by atoms with E-state index in [1.165, 1.54) is 18.4 Å². The first-order valence-electron chi connectivity index (χ1n) is 10.9. The number of aromatic nitrogens is 2. The van der Waals surface area contributed by atoms with Gasteiger partial charge in [0.15, 0.2) is 0 Å². The van der Waals surface area contributed by atoms with Gasteiger partial charge in [-0.25, -0.2) is 9.78 Å². The van der Waals surface area contributed by atoms with Crippen molar-refractivity contribution in [1.82, 2.24) is 9.97 Å². The van der Waals surface area contributed by atoms with Crippen LogP contribution >= 0.6 is 0 Å². The van der Waals surface area contributed by atoms with Gasteiger partial charge >= 0.3 is 5.97 Å². The van der Waals surface area contributed by atoms with E-state index in [9.17, 15) is 9.59 Å². The van der Waals surface area contributed by atoms with Gasteiger partial charge in [0.05, 0.1) is 12.7 Å². The molecule has 2 heterocycles. The summed E-state index contributed by atoms with van der Waals surface area (Å²) in [6.45, 7) is 3.61. The predicted octanol–water partition coefficient (Wildman–Crippen LogP) is 4.62. The Morgan fingerprint density at radius 2 is 1.88 bits per heavy atom. The normalized spacial score (nSPS) is 11.0. The van der Waals surface area contributed by atoms with Crippen molar-refractivity contribution in [3.63, 3.8) is 0 Å². The molecule has 0 saturated heterocycles. The van der Waals surface area contributed by atoms with Crippen molar-refractivity contribution in [2.45, 2.75) is 39.3 Å². The summed E-state index contributed by atoms with van der Waals surface area (Å²) in [6.07, 6.45) is 3.85. The zero-order valence-corrected chi connectivity index (χ0v) is 18.9. The van der Waals surface area contributed by atoms with Crippen molar-refractivity contribution in [1.29, 1.82) is 0 Å². The first kappa shape index (κ1) is 23.7. The average Bonchev–Trinajstić information content (AvgIpc) is 2.83. The number of fused-ring (bicyclic) bond motifs is 1. The number of rotatable bonds is 8. The number of unbranched alkanes of at least 4 members (excludes halogenated alkanes) is 1. The molecule has 172 valence electrons. The Morgan fingerprint density at radius 1 is 1.09 bits per heavy atom. The van der Waals surface area contributed by atoms with Crippen LogP contribution in [-0.2, 0) is 22.6 Å². The van der Waals surface area contributed by atoms with Crippen molar-refractivity contribution in [2.75, 3.05) is 23.1 Å². The number of amides is 1. The number of carbonyl (C=O) groups excluding carboxylic acids is 2. The van der Waals surface area contributed by atoms with Gasteiger partial charge in [-0.15, -0.1) is 0 Å². The second kappa shape index (κ2) is 12.2. The fourth-order valence-corrected chi connectivity index (χ4v) is 3.04. The second-order valence-electron chi connectivity index (χ2n) is 7.47. The number of nitrogens with zero attached hydrogens (tertiary/aromatic N) is 2. The van der Waals surface area contributed by atoms with E-state index in [1.54, 1.807) is 24.4 Å². The molecule has 1 aromatic heterocycles. The van der Waals surface area contributed by atoms with Crippen LogP contribution in [0.4, 0.5) is 17.5 Å². The third-order valence-electron chi connectivity index (χ3n) is 5.00. The maximum Gasteiger partial charge on any atom is 0.337 e. The van der Waals surface area contributed by atoms with Crippen LogP contribution in [0, 0.1) is 0 Å². The highest BCUT2D eigenvalue weighted by atomic mass is 16.5.